The fourth-order valence-corrected chi connectivity index (χ4v) is 5.88. The van der Waals surface area contributed by atoms with Crippen LogP contribution in [0, 0.1) is 0 Å². The average molecular weight is 441 g/mol. The molecule has 0 saturated carbocycles. The van der Waals surface area contributed by atoms with E-state index in [2.05, 4.69) is 126 Å². The maximum Gasteiger partial charge on any atom is -0.00205 e. The van der Waals surface area contributed by atoms with Crippen molar-refractivity contribution in [1.82, 2.24) is 0 Å². The summed E-state index contributed by atoms with van der Waals surface area (Å²) >= 11 is 0. The Morgan fingerprint density at radius 2 is 0.824 bits per heavy atom. The molecule has 0 fully saturated rings. The number of benzene rings is 6. The van der Waals surface area contributed by atoms with Crippen LogP contribution in [-0.2, 0) is 10.8 Å². The summed E-state index contributed by atoms with van der Waals surface area (Å²) in [6.07, 6.45) is 0. The highest BCUT2D eigenvalue weighted by atomic mass is 14.3. The molecule has 0 spiro atoms. The van der Waals surface area contributed by atoms with E-state index in [-0.39, 0.29) is 10.8 Å². The Morgan fingerprint density at radius 3 is 1.50 bits per heavy atom. The average Bonchev–Trinajstić information content (AvgIpc) is 2.80. The highest BCUT2D eigenvalue weighted by molar-refractivity contribution is 6.26. The lowest BCUT2D eigenvalue weighted by Crippen LogP contribution is -2.12. The molecule has 0 aliphatic carbocycles. The van der Waals surface area contributed by atoms with Crippen LogP contribution in [0.5, 0.6) is 0 Å². The van der Waals surface area contributed by atoms with Crippen LogP contribution in [0.3, 0.4) is 0 Å². The van der Waals surface area contributed by atoms with Crippen molar-refractivity contribution in [2.45, 2.75) is 52.4 Å². The van der Waals surface area contributed by atoms with Gasteiger partial charge < -0.3 is 0 Å². The van der Waals surface area contributed by atoms with Crippen LogP contribution >= 0.6 is 0 Å². The van der Waals surface area contributed by atoms with Crippen LogP contribution in [0.4, 0.5) is 0 Å². The Bertz CT molecular complexity index is 1700. The standard InChI is InChI=1S/C34H32/c1-33(2,3)29-20-18-24(23-9-7-8-10-26(23)29)25-15-11-21-13-17-28-30(34(4,5)6)19-14-22-12-16-27(25)31(21)32(22)28/h7-20H,1-6H3. The summed E-state index contributed by atoms with van der Waals surface area (Å²) < 4.78 is 0. The van der Waals surface area contributed by atoms with Crippen LogP contribution in [-0.4, -0.2) is 0 Å². The van der Waals surface area contributed by atoms with Crippen molar-refractivity contribution < 1.29 is 0 Å². The van der Waals surface area contributed by atoms with Gasteiger partial charge in [0.25, 0.3) is 0 Å². The second kappa shape index (κ2) is 7.06. The Morgan fingerprint density at radius 1 is 0.382 bits per heavy atom. The first-order valence-corrected chi connectivity index (χ1v) is 12.4. The van der Waals surface area contributed by atoms with Gasteiger partial charge in [0.2, 0.25) is 0 Å². The molecular weight excluding hydrogens is 408 g/mol. The number of hydrogen-bond donors (Lipinski definition) is 0. The van der Waals surface area contributed by atoms with Gasteiger partial charge in [-0.15, -0.1) is 0 Å². The van der Waals surface area contributed by atoms with Gasteiger partial charge in [0.1, 0.15) is 0 Å². The fraction of sp³-hybridized carbons (Fsp3) is 0.235. The van der Waals surface area contributed by atoms with Gasteiger partial charge in [-0.3, -0.25) is 0 Å². The summed E-state index contributed by atoms with van der Waals surface area (Å²) in [5.74, 6) is 0. The van der Waals surface area contributed by atoms with Crippen LogP contribution in [0.2, 0.25) is 0 Å². The van der Waals surface area contributed by atoms with Crippen LogP contribution in [0.15, 0.2) is 84.9 Å². The SMILES string of the molecule is CC(C)(C)c1ccc(-c2ccc3ccc4c(C(C)(C)C)ccc5ccc2c3c54)c2ccccc12. The Kier molecular flexibility index (Phi) is 4.40. The largest absolute Gasteiger partial charge is 0.0616 e. The maximum atomic E-state index is 2.34. The molecule has 0 heterocycles. The Hall–Kier alpha value is -3.38. The minimum Gasteiger partial charge on any atom is -0.0616 e. The molecule has 0 nitrogen and oxygen atoms in total. The smallest absolute Gasteiger partial charge is 0.00205 e. The molecule has 0 aliphatic rings. The molecule has 6 aromatic rings. The van der Waals surface area contributed by atoms with E-state index >= 15 is 0 Å². The third-order valence-corrected chi connectivity index (χ3v) is 7.49. The van der Waals surface area contributed by atoms with Crippen molar-refractivity contribution in [3.63, 3.8) is 0 Å². The summed E-state index contributed by atoms with van der Waals surface area (Å²) in [7, 11) is 0. The molecule has 0 saturated heterocycles. The first-order chi connectivity index (χ1) is 16.1. The molecule has 0 N–H and O–H groups in total. The van der Waals surface area contributed by atoms with Gasteiger partial charge in [-0.25, -0.2) is 0 Å². The Labute approximate surface area is 202 Å². The van der Waals surface area contributed by atoms with E-state index in [1.54, 1.807) is 0 Å². The van der Waals surface area contributed by atoms with Gasteiger partial charge in [-0.2, -0.15) is 0 Å². The van der Waals surface area contributed by atoms with Crippen molar-refractivity contribution >= 4 is 43.1 Å². The maximum absolute atomic E-state index is 2.34. The predicted octanol–water partition coefficient (Wildman–Crippen LogP) is 10.00. The lowest BCUT2D eigenvalue weighted by atomic mass is 9.79. The fourth-order valence-electron chi connectivity index (χ4n) is 5.88. The summed E-state index contributed by atoms with van der Waals surface area (Å²) in [6.45, 7) is 13.8. The normalized spacial score (nSPS) is 13.0. The summed E-state index contributed by atoms with van der Waals surface area (Å²) in [4.78, 5) is 0. The second-order valence-electron chi connectivity index (χ2n) is 11.9. The van der Waals surface area contributed by atoms with Gasteiger partial charge in [0, 0.05) is 0 Å². The predicted molar refractivity (Wildman–Crippen MR) is 150 cm³/mol. The minimum absolute atomic E-state index is 0.101. The monoisotopic (exact) mass is 440 g/mol. The van der Waals surface area contributed by atoms with Gasteiger partial charge >= 0.3 is 0 Å². The molecule has 0 radical (unpaired) electrons. The second-order valence-corrected chi connectivity index (χ2v) is 11.9. The van der Waals surface area contributed by atoms with E-state index in [0.29, 0.717) is 0 Å². The summed E-state index contributed by atoms with van der Waals surface area (Å²) in [5.41, 5.74) is 5.66. The van der Waals surface area contributed by atoms with Gasteiger partial charge in [0.05, 0.1) is 0 Å². The lowest BCUT2D eigenvalue weighted by Gasteiger charge is -2.24. The summed E-state index contributed by atoms with van der Waals surface area (Å²) in [5, 5.41) is 10.9. The highest BCUT2D eigenvalue weighted by Crippen LogP contribution is 2.44. The van der Waals surface area contributed by atoms with Gasteiger partial charge in [-0.1, -0.05) is 126 Å². The first kappa shape index (κ1) is 21.2. The van der Waals surface area contributed by atoms with Crippen LogP contribution in [0.25, 0.3) is 54.2 Å². The van der Waals surface area contributed by atoms with Crippen molar-refractivity contribution in [2.75, 3.05) is 0 Å². The van der Waals surface area contributed by atoms with Gasteiger partial charge in [0.15, 0.2) is 0 Å². The molecule has 0 bridgehead atoms. The van der Waals surface area contributed by atoms with Crippen molar-refractivity contribution in [3.8, 4) is 11.1 Å². The molecule has 0 atom stereocenters. The first-order valence-electron chi connectivity index (χ1n) is 12.4. The van der Waals surface area contributed by atoms with Gasteiger partial charge in [-0.05, 0) is 76.2 Å². The third kappa shape index (κ3) is 3.05. The minimum atomic E-state index is 0.101. The van der Waals surface area contributed by atoms with Crippen molar-refractivity contribution in [3.05, 3.63) is 96.1 Å². The Balaban J connectivity index is 1.73. The third-order valence-electron chi connectivity index (χ3n) is 7.49. The van der Waals surface area contributed by atoms with Crippen LogP contribution in [0.1, 0.15) is 52.7 Å². The molecule has 34 heavy (non-hydrogen) atoms. The topological polar surface area (TPSA) is 0 Å². The molecule has 0 aromatic heterocycles. The molecule has 0 unspecified atom stereocenters. The molecule has 168 valence electrons. The van der Waals surface area contributed by atoms with Crippen molar-refractivity contribution in [1.29, 1.82) is 0 Å². The quantitative estimate of drug-likeness (QED) is 0.223. The van der Waals surface area contributed by atoms with E-state index in [1.165, 1.54) is 65.3 Å². The summed E-state index contributed by atoms with van der Waals surface area (Å²) in [6, 6.07) is 32.1. The molecule has 6 rings (SSSR count). The molecule has 0 heteroatoms. The zero-order valence-corrected chi connectivity index (χ0v) is 21.1. The molecule has 0 amide bonds. The number of fused-ring (bicyclic) bond motifs is 1. The highest BCUT2D eigenvalue weighted by Gasteiger charge is 2.22. The molecular formula is C34H32. The van der Waals surface area contributed by atoms with E-state index in [1.807, 2.05) is 0 Å². The molecule has 6 aromatic carbocycles. The zero-order valence-electron chi connectivity index (χ0n) is 21.1. The van der Waals surface area contributed by atoms with Crippen molar-refractivity contribution in [2.24, 2.45) is 0 Å². The lowest BCUT2D eigenvalue weighted by molar-refractivity contribution is 0.596. The zero-order chi connectivity index (χ0) is 23.8. The van der Waals surface area contributed by atoms with E-state index < -0.39 is 0 Å². The van der Waals surface area contributed by atoms with E-state index in [0.717, 1.165) is 0 Å². The number of rotatable bonds is 1. The molecule has 0 aliphatic heterocycles. The van der Waals surface area contributed by atoms with E-state index in [9.17, 15) is 0 Å². The number of hydrogen-bond acceptors (Lipinski definition) is 0. The van der Waals surface area contributed by atoms with E-state index in [4.69, 9.17) is 0 Å². The van der Waals surface area contributed by atoms with Crippen LogP contribution < -0.4 is 0 Å².